The van der Waals surface area contributed by atoms with Gasteiger partial charge in [0, 0.05) is 6.54 Å². The minimum absolute atomic E-state index is 0.128. The SMILES string of the molecule is COc1ccc(C(O)(CN)c2ccccc2)cc1. The highest BCUT2D eigenvalue weighted by Gasteiger charge is 2.29. The Balaban J connectivity index is 2.43. The molecule has 0 spiro atoms. The Kier molecular flexibility index (Phi) is 3.65. The van der Waals surface area contributed by atoms with Gasteiger partial charge in [-0.2, -0.15) is 0 Å². The summed E-state index contributed by atoms with van der Waals surface area (Å²) in [6.07, 6.45) is 0. The molecule has 0 saturated heterocycles. The standard InChI is InChI=1S/C15H17NO2/c1-18-14-9-7-13(8-10-14)15(17,11-16)12-5-3-2-4-6-12/h2-10,17H,11,16H2,1H3. The van der Waals surface area contributed by atoms with Crippen molar-refractivity contribution in [3.8, 4) is 5.75 Å². The van der Waals surface area contributed by atoms with Crippen LogP contribution < -0.4 is 10.5 Å². The normalized spacial score (nSPS) is 13.9. The highest BCUT2D eigenvalue weighted by Crippen LogP contribution is 2.29. The maximum absolute atomic E-state index is 10.8. The van der Waals surface area contributed by atoms with E-state index < -0.39 is 5.60 Å². The quantitative estimate of drug-likeness (QED) is 0.862. The van der Waals surface area contributed by atoms with Crippen molar-refractivity contribution in [1.29, 1.82) is 0 Å². The van der Waals surface area contributed by atoms with E-state index >= 15 is 0 Å². The molecule has 18 heavy (non-hydrogen) atoms. The first-order valence-corrected chi connectivity index (χ1v) is 5.83. The third-order valence-electron chi connectivity index (χ3n) is 3.11. The van der Waals surface area contributed by atoms with Gasteiger partial charge in [-0.05, 0) is 23.3 Å². The van der Waals surface area contributed by atoms with Crippen LogP contribution in [-0.4, -0.2) is 18.8 Å². The van der Waals surface area contributed by atoms with Gasteiger partial charge < -0.3 is 15.6 Å². The Labute approximate surface area is 107 Å². The number of benzene rings is 2. The minimum Gasteiger partial charge on any atom is -0.497 e. The lowest BCUT2D eigenvalue weighted by Gasteiger charge is -2.27. The summed E-state index contributed by atoms with van der Waals surface area (Å²) in [5.74, 6) is 0.756. The second-order valence-corrected chi connectivity index (χ2v) is 4.16. The first kappa shape index (κ1) is 12.6. The van der Waals surface area contributed by atoms with Crippen LogP contribution in [0.1, 0.15) is 11.1 Å². The highest BCUT2D eigenvalue weighted by atomic mass is 16.5. The van der Waals surface area contributed by atoms with Gasteiger partial charge in [0.15, 0.2) is 0 Å². The molecule has 0 aromatic heterocycles. The Bertz CT molecular complexity index is 496. The fraction of sp³-hybridized carbons (Fsp3) is 0.200. The van der Waals surface area contributed by atoms with Crippen molar-refractivity contribution < 1.29 is 9.84 Å². The summed E-state index contributed by atoms with van der Waals surface area (Å²) in [7, 11) is 1.61. The van der Waals surface area contributed by atoms with Crippen LogP contribution in [0, 0.1) is 0 Å². The van der Waals surface area contributed by atoms with Crippen molar-refractivity contribution >= 4 is 0 Å². The molecule has 3 N–H and O–H groups in total. The van der Waals surface area contributed by atoms with Gasteiger partial charge in [-0.15, -0.1) is 0 Å². The van der Waals surface area contributed by atoms with Crippen LogP contribution in [0.2, 0.25) is 0 Å². The molecular weight excluding hydrogens is 226 g/mol. The molecule has 1 atom stereocenters. The molecule has 94 valence electrons. The Morgan fingerprint density at radius 2 is 1.56 bits per heavy atom. The second kappa shape index (κ2) is 5.21. The highest BCUT2D eigenvalue weighted by molar-refractivity contribution is 5.39. The van der Waals surface area contributed by atoms with E-state index in [0.29, 0.717) is 0 Å². The molecule has 0 heterocycles. The smallest absolute Gasteiger partial charge is 0.127 e. The average molecular weight is 243 g/mol. The summed E-state index contributed by atoms with van der Waals surface area (Å²) in [6, 6.07) is 16.7. The van der Waals surface area contributed by atoms with E-state index in [1.165, 1.54) is 0 Å². The Morgan fingerprint density at radius 1 is 1.00 bits per heavy atom. The van der Waals surface area contributed by atoms with Crippen LogP contribution in [0.15, 0.2) is 54.6 Å². The molecule has 0 bridgehead atoms. The first-order chi connectivity index (χ1) is 8.70. The number of ether oxygens (including phenoxy) is 1. The number of rotatable bonds is 4. The van der Waals surface area contributed by atoms with Gasteiger partial charge in [0.05, 0.1) is 7.11 Å². The zero-order valence-corrected chi connectivity index (χ0v) is 10.3. The Hall–Kier alpha value is -1.84. The van der Waals surface area contributed by atoms with Crippen LogP contribution in [0.25, 0.3) is 0 Å². The molecule has 0 fully saturated rings. The van der Waals surface area contributed by atoms with Crippen LogP contribution in [0.3, 0.4) is 0 Å². The fourth-order valence-corrected chi connectivity index (χ4v) is 1.98. The molecule has 0 amide bonds. The van der Waals surface area contributed by atoms with Crippen molar-refractivity contribution in [3.05, 3.63) is 65.7 Å². The summed E-state index contributed by atoms with van der Waals surface area (Å²) >= 11 is 0. The molecule has 2 aromatic rings. The topological polar surface area (TPSA) is 55.5 Å². The lowest BCUT2D eigenvalue weighted by atomic mass is 9.86. The molecule has 0 aliphatic heterocycles. The molecule has 0 aliphatic carbocycles. The van der Waals surface area contributed by atoms with Gasteiger partial charge >= 0.3 is 0 Å². The fourth-order valence-electron chi connectivity index (χ4n) is 1.98. The number of nitrogens with two attached hydrogens (primary N) is 1. The van der Waals surface area contributed by atoms with E-state index in [1.807, 2.05) is 54.6 Å². The number of hydrogen-bond acceptors (Lipinski definition) is 3. The third kappa shape index (κ3) is 2.23. The van der Waals surface area contributed by atoms with E-state index in [1.54, 1.807) is 7.11 Å². The zero-order chi connectivity index (χ0) is 13.0. The van der Waals surface area contributed by atoms with E-state index in [2.05, 4.69) is 0 Å². The summed E-state index contributed by atoms with van der Waals surface area (Å²) in [4.78, 5) is 0. The monoisotopic (exact) mass is 243 g/mol. The molecule has 0 aliphatic rings. The lowest BCUT2D eigenvalue weighted by molar-refractivity contribution is 0.0902. The van der Waals surface area contributed by atoms with E-state index in [-0.39, 0.29) is 6.54 Å². The van der Waals surface area contributed by atoms with Crippen molar-refractivity contribution in [2.45, 2.75) is 5.60 Å². The largest absolute Gasteiger partial charge is 0.497 e. The number of methoxy groups -OCH3 is 1. The molecule has 2 rings (SSSR count). The predicted molar refractivity (Wildman–Crippen MR) is 71.5 cm³/mol. The van der Waals surface area contributed by atoms with Crippen LogP contribution in [0.4, 0.5) is 0 Å². The molecule has 0 saturated carbocycles. The second-order valence-electron chi connectivity index (χ2n) is 4.16. The molecular formula is C15H17NO2. The minimum atomic E-state index is -1.16. The van der Waals surface area contributed by atoms with Gasteiger partial charge in [0.2, 0.25) is 0 Å². The zero-order valence-electron chi connectivity index (χ0n) is 10.3. The van der Waals surface area contributed by atoms with Crippen LogP contribution >= 0.6 is 0 Å². The van der Waals surface area contributed by atoms with Crippen molar-refractivity contribution in [2.75, 3.05) is 13.7 Å². The maximum atomic E-state index is 10.8. The van der Waals surface area contributed by atoms with Gasteiger partial charge in [0.25, 0.3) is 0 Å². The van der Waals surface area contributed by atoms with E-state index in [0.717, 1.165) is 16.9 Å². The molecule has 1 unspecified atom stereocenters. The van der Waals surface area contributed by atoms with Gasteiger partial charge in [-0.25, -0.2) is 0 Å². The Morgan fingerprint density at radius 3 is 2.06 bits per heavy atom. The average Bonchev–Trinajstić information content (AvgIpc) is 2.47. The van der Waals surface area contributed by atoms with Crippen molar-refractivity contribution in [3.63, 3.8) is 0 Å². The van der Waals surface area contributed by atoms with E-state index in [9.17, 15) is 5.11 Å². The van der Waals surface area contributed by atoms with Gasteiger partial charge in [0.1, 0.15) is 11.4 Å². The summed E-state index contributed by atoms with van der Waals surface area (Å²) < 4.78 is 5.11. The maximum Gasteiger partial charge on any atom is 0.127 e. The summed E-state index contributed by atoms with van der Waals surface area (Å²) in [5.41, 5.74) is 6.15. The van der Waals surface area contributed by atoms with Crippen LogP contribution in [0.5, 0.6) is 5.75 Å². The lowest BCUT2D eigenvalue weighted by Crippen LogP contribution is -2.36. The van der Waals surface area contributed by atoms with Crippen molar-refractivity contribution in [1.82, 2.24) is 0 Å². The van der Waals surface area contributed by atoms with Crippen molar-refractivity contribution in [2.24, 2.45) is 5.73 Å². The first-order valence-electron chi connectivity index (χ1n) is 5.83. The van der Waals surface area contributed by atoms with Gasteiger partial charge in [-0.3, -0.25) is 0 Å². The van der Waals surface area contributed by atoms with E-state index in [4.69, 9.17) is 10.5 Å². The third-order valence-corrected chi connectivity index (χ3v) is 3.11. The summed E-state index contributed by atoms with van der Waals surface area (Å²) in [5, 5.41) is 10.8. The van der Waals surface area contributed by atoms with Crippen LogP contribution in [-0.2, 0) is 5.60 Å². The molecule has 3 nitrogen and oxygen atoms in total. The molecule has 3 heteroatoms. The van der Waals surface area contributed by atoms with Gasteiger partial charge in [-0.1, -0.05) is 42.5 Å². The molecule has 2 aromatic carbocycles. The predicted octanol–water partition coefficient (Wildman–Crippen LogP) is 1.89. The number of hydrogen-bond donors (Lipinski definition) is 2. The summed E-state index contributed by atoms with van der Waals surface area (Å²) in [6.45, 7) is 0.128. The molecule has 0 radical (unpaired) electrons. The number of aliphatic hydroxyl groups is 1.